The lowest BCUT2D eigenvalue weighted by Gasteiger charge is -2.17. The summed E-state index contributed by atoms with van der Waals surface area (Å²) in [6.45, 7) is 8.06. The van der Waals surface area contributed by atoms with Crippen LogP contribution in [0.4, 0.5) is 0 Å². The van der Waals surface area contributed by atoms with E-state index in [-0.39, 0.29) is 5.91 Å². The van der Waals surface area contributed by atoms with Gasteiger partial charge in [-0.2, -0.15) is 0 Å². The van der Waals surface area contributed by atoms with E-state index >= 15 is 0 Å². The maximum Gasteiger partial charge on any atom is 0.266 e. The molecule has 0 saturated heterocycles. The second-order valence-electron chi connectivity index (χ2n) is 4.47. The highest BCUT2D eigenvalue weighted by Crippen LogP contribution is 2.21. The van der Waals surface area contributed by atoms with Crippen LogP contribution in [-0.4, -0.2) is 25.0 Å². The molecule has 0 atom stereocenters. The Morgan fingerprint density at radius 3 is 1.88 bits per heavy atom. The van der Waals surface area contributed by atoms with E-state index in [4.69, 9.17) is 0 Å². The molecule has 1 aromatic rings. The fraction of sp³-hybridized carbons (Fsp3) is 0.462. The number of hydrogen-bond acceptors (Lipinski definition) is 2. The molecule has 1 amide bonds. The van der Waals surface area contributed by atoms with Crippen LogP contribution in [-0.2, 0) is 0 Å². The summed E-state index contributed by atoms with van der Waals surface area (Å²) in [6.07, 6.45) is 0. The zero-order chi connectivity index (χ0) is 12.5. The van der Waals surface area contributed by atoms with Gasteiger partial charge in [0.2, 0.25) is 0 Å². The number of rotatable bonds is 2. The number of hydrogen-bond donors (Lipinski definition) is 1. The predicted octanol–water partition coefficient (Wildman–Crippen LogP) is 2.13. The lowest BCUT2D eigenvalue weighted by molar-refractivity contribution is 0.0855. The molecule has 0 fully saturated rings. The van der Waals surface area contributed by atoms with Gasteiger partial charge in [-0.3, -0.25) is 10.2 Å². The van der Waals surface area contributed by atoms with Gasteiger partial charge in [-0.25, -0.2) is 5.01 Å². The summed E-state index contributed by atoms with van der Waals surface area (Å²) < 4.78 is 0. The Morgan fingerprint density at radius 2 is 1.50 bits per heavy atom. The first-order valence-electron chi connectivity index (χ1n) is 5.40. The van der Waals surface area contributed by atoms with Gasteiger partial charge < -0.3 is 0 Å². The van der Waals surface area contributed by atoms with Crippen LogP contribution >= 0.6 is 0 Å². The summed E-state index contributed by atoms with van der Waals surface area (Å²) >= 11 is 0. The fourth-order valence-electron chi connectivity index (χ4n) is 1.82. The molecular formula is C13H20N2O. The van der Waals surface area contributed by atoms with Crippen LogP contribution in [0.2, 0.25) is 0 Å². The molecule has 3 heteroatoms. The molecule has 0 bridgehead atoms. The van der Waals surface area contributed by atoms with Crippen molar-refractivity contribution in [1.29, 1.82) is 0 Å². The number of carbonyl (C=O) groups excluding carboxylic acids is 1. The van der Waals surface area contributed by atoms with E-state index in [9.17, 15) is 4.79 Å². The molecule has 1 aromatic carbocycles. The van der Waals surface area contributed by atoms with Crippen molar-refractivity contribution in [3.05, 3.63) is 33.9 Å². The van der Waals surface area contributed by atoms with Gasteiger partial charge >= 0.3 is 0 Å². The minimum atomic E-state index is -0.0354. The average Bonchev–Trinajstić information content (AvgIpc) is 2.14. The van der Waals surface area contributed by atoms with Crippen molar-refractivity contribution in [2.75, 3.05) is 14.1 Å². The minimum Gasteiger partial charge on any atom is -0.285 e. The summed E-state index contributed by atoms with van der Waals surface area (Å²) in [5.41, 5.74) is 8.02. The van der Waals surface area contributed by atoms with Crippen molar-refractivity contribution in [1.82, 2.24) is 10.4 Å². The van der Waals surface area contributed by atoms with Gasteiger partial charge in [0.15, 0.2) is 0 Å². The van der Waals surface area contributed by atoms with E-state index in [1.807, 2.05) is 41.8 Å². The zero-order valence-corrected chi connectivity index (χ0v) is 10.9. The lowest BCUT2D eigenvalue weighted by Crippen LogP contribution is -2.37. The zero-order valence-electron chi connectivity index (χ0n) is 10.9. The summed E-state index contributed by atoms with van der Waals surface area (Å²) in [5, 5.41) is 1.67. The molecule has 0 heterocycles. The molecule has 0 spiro atoms. The molecule has 0 aliphatic carbocycles. The maximum atomic E-state index is 12.0. The van der Waals surface area contributed by atoms with Crippen LogP contribution in [0.1, 0.15) is 32.6 Å². The number of nitrogens with one attached hydrogen (secondary N) is 1. The Bertz CT molecular complexity index is 396. The molecule has 3 nitrogen and oxygen atoms in total. The van der Waals surface area contributed by atoms with Gasteiger partial charge in [0.05, 0.1) is 0 Å². The molecule has 0 aromatic heterocycles. The first-order chi connectivity index (χ1) is 7.34. The first-order valence-corrected chi connectivity index (χ1v) is 5.40. The third kappa shape index (κ3) is 2.42. The molecule has 1 N–H and O–H groups in total. The third-order valence-electron chi connectivity index (χ3n) is 2.92. The molecule has 0 radical (unpaired) electrons. The van der Waals surface area contributed by atoms with Gasteiger partial charge in [-0.15, -0.1) is 0 Å². The van der Waals surface area contributed by atoms with E-state index in [0.29, 0.717) is 0 Å². The number of nitrogens with zero attached hydrogens (tertiary/aromatic N) is 1. The van der Waals surface area contributed by atoms with Crippen molar-refractivity contribution in [2.24, 2.45) is 0 Å². The third-order valence-corrected chi connectivity index (χ3v) is 2.92. The van der Waals surface area contributed by atoms with Crippen LogP contribution in [0.5, 0.6) is 0 Å². The van der Waals surface area contributed by atoms with E-state index < -0.39 is 0 Å². The Kier molecular flexibility index (Phi) is 3.70. The van der Waals surface area contributed by atoms with E-state index in [0.717, 1.165) is 27.8 Å². The second kappa shape index (κ2) is 4.66. The number of benzene rings is 1. The van der Waals surface area contributed by atoms with Crippen molar-refractivity contribution in [3.63, 3.8) is 0 Å². The molecule has 0 aliphatic rings. The molecule has 0 aliphatic heterocycles. The number of aryl methyl sites for hydroxylation is 2. The van der Waals surface area contributed by atoms with Gasteiger partial charge in [-0.1, -0.05) is 6.07 Å². The number of hydrazine groups is 1. The van der Waals surface area contributed by atoms with E-state index in [2.05, 4.69) is 11.5 Å². The number of amides is 1. The Morgan fingerprint density at radius 1 is 1.06 bits per heavy atom. The van der Waals surface area contributed by atoms with E-state index in [1.165, 1.54) is 0 Å². The van der Waals surface area contributed by atoms with E-state index in [1.54, 1.807) is 5.01 Å². The van der Waals surface area contributed by atoms with Crippen LogP contribution < -0.4 is 5.43 Å². The average molecular weight is 220 g/mol. The summed E-state index contributed by atoms with van der Waals surface area (Å²) in [4.78, 5) is 12.0. The van der Waals surface area contributed by atoms with Gasteiger partial charge in [0.1, 0.15) is 0 Å². The molecule has 16 heavy (non-hydrogen) atoms. The van der Waals surface area contributed by atoms with Gasteiger partial charge in [-0.05, 0) is 49.9 Å². The normalized spacial score (nSPS) is 10.7. The van der Waals surface area contributed by atoms with Crippen molar-refractivity contribution >= 4 is 5.91 Å². The lowest BCUT2D eigenvalue weighted by atomic mass is 9.94. The van der Waals surface area contributed by atoms with Crippen LogP contribution in [0.25, 0.3) is 0 Å². The number of carbonyl (C=O) groups is 1. The largest absolute Gasteiger partial charge is 0.285 e. The van der Waals surface area contributed by atoms with Crippen molar-refractivity contribution < 1.29 is 4.79 Å². The van der Waals surface area contributed by atoms with Crippen LogP contribution in [0.15, 0.2) is 6.07 Å². The van der Waals surface area contributed by atoms with Gasteiger partial charge in [0, 0.05) is 19.7 Å². The first kappa shape index (κ1) is 12.7. The van der Waals surface area contributed by atoms with Gasteiger partial charge in [0.25, 0.3) is 5.91 Å². The molecule has 0 saturated carbocycles. The molecule has 1 rings (SSSR count). The molecular weight excluding hydrogens is 200 g/mol. The highest BCUT2D eigenvalue weighted by atomic mass is 16.2. The summed E-state index contributed by atoms with van der Waals surface area (Å²) in [7, 11) is 3.62. The fourth-order valence-corrected chi connectivity index (χ4v) is 1.82. The maximum absolute atomic E-state index is 12.0. The monoisotopic (exact) mass is 220 g/mol. The van der Waals surface area contributed by atoms with Crippen LogP contribution in [0, 0.1) is 27.7 Å². The smallest absolute Gasteiger partial charge is 0.266 e. The Labute approximate surface area is 97.4 Å². The summed E-state index contributed by atoms with van der Waals surface area (Å²) in [6, 6.07) is 2.12. The summed E-state index contributed by atoms with van der Waals surface area (Å²) in [5.74, 6) is -0.0354. The SMILES string of the molecule is Cc1cc(C)c(C)c(C(=O)NN(C)C)c1C. The minimum absolute atomic E-state index is 0.0354. The second-order valence-corrected chi connectivity index (χ2v) is 4.47. The predicted molar refractivity (Wildman–Crippen MR) is 66.5 cm³/mol. The van der Waals surface area contributed by atoms with Crippen molar-refractivity contribution in [2.45, 2.75) is 27.7 Å². The topological polar surface area (TPSA) is 32.3 Å². The standard InChI is InChI=1S/C13H20N2O/c1-8-7-9(2)11(4)12(10(8)3)13(16)14-15(5)6/h7H,1-6H3,(H,14,16). The molecule has 88 valence electrons. The van der Waals surface area contributed by atoms with Crippen molar-refractivity contribution in [3.8, 4) is 0 Å². The highest BCUT2D eigenvalue weighted by Gasteiger charge is 2.15. The highest BCUT2D eigenvalue weighted by molar-refractivity contribution is 5.97. The Balaban J connectivity index is 3.27. The van der Waals surface area contributed by atoms with Crippen LogP contribution in [0.3, 0.4) is 0 Å². The molecule has 0 unspecified atom stereocenters. The quantitative estimate of drug-likeness (QED) is 0.774. The Hall–Kier alpha value is -1.35.